The van der Waals surface area contributed by atoms with Crippen LogP contribution in [0.1, 0.15) is 11.3 Å². The van der Waals surface area contributed by atoms with Crippen LogP contribution >= 0.6 is 0 Å². The number of hydrogen-bond acceptors (Lipinski definition) is 2. The van der Waals surface area contributed by atoms with Crippen LogP contribution in [0.5, 0.6) is 5.75 Å². The van der Waals surface area contributed by atoms with Crippen molar-refractivity contribution in [2.45, 2.75) is 20.0 Å². The zero-order chi connectivity index (χ0) is 11.6. The van der Waals surface area contributed by atoms with Gasteiger partial charge in [-0.3, -0.25) is 4.79 Å². The second kappa shape index (κ2) is 3.92. The maximum absolute atomic E-state index is 12.3. The van der Waals surface area contributed by atoms with Crippen molar-refractivity contribution in [3.05, 3.63) is 27.7 Å². The lowest BCUT2D eigenvalue weighted by Gasteiger charge is -2.09. The molecule has 0 fully saturated rings. The number of alkyl halides is 4. The molecule has 15 heavy (non-hydrogen) atoms. The van der Waals surface area contributed by atoms with Crippen LogP contribution < -0.4 is 10.3 Å². The minimum atomic E-state index is -4.96. The number of ether oxygens (including phenoxy) is 1. The summed E-state index contributed by atoms with van der Waals surface area (Å²) in [6.45, 7) is 0.407. The highest BCUT2D eigenvalue weighted by atomic mass is 19.4. The number of hydrogen-bond donors (Lipinski definition) is 1. The van der Waals surface area contributed by atoms with Gasteiger partial charge in [-0.2, -0.15) is 0 Å². The van der Waals surface area contributed by atoms with Gasteiger partial charge in [0.15, 0.2) is 5.75 Å². The summed E-state index contributed by atoms with van der Waals surface area (Å²) >= 11 is 0. The van der Waals surface area contributed by atoms with Crippen molar-refractivity contribution in [3.63, 3.8) is 0 Å². The summed E-state index contributed by atoms with van der Waals surface area (Å²) in [5.74, 6) is -0.958. The summed E-state index contributed by atoms with van der Waals surface area (Å²) in [6.07, 6.45) is -4.96. The molecule has 3 nitrogen and oxygen atoms in total. The van der Waals surface area contributed by atoms with Crippen LogP contribution in [0, 0.1) is 6.92 Å². The maximum Gasteiger partial charge on any atom is 0.573 e. The third-order valence-electron chi connectivity index (χ3n) is 1.68. The summed E-state index contributed by atoms with van der Waals surface area (Å²) < 4.78 is 51.1. The zero-order valence-corrected chi connectivity index (χ0v) is 7.61. The quantitative estimate of drug-likeness (QED) is 0.782. The number of aromatic nitrogens is 1. The summed E-state index contributed by atoms with van der Waals surface area (Å²) in [6, 6.07) is 0.738. The number of halogens is 4. The first-order valence-electron chi connectivity index (χ1n) is 3.88. The van der Waals surface area contributed by atoms with Crippen LogP contribution in [0.2, 0.25) is 0 Å². The second-order valence-electron chi connectivity index (χ2n) is 2.79. The van der Waals surface area contributed by atoms with Crippen LogP contribution in [0.15, 0.2) is 10.9 Å². The van der Waals surface area contributed by atoms with Gasteiger partial charge in [0.05, 0.1) is 0 Å². The lowest BCUT2D eigenvalue weighted by atomic mass is 10.2. The molecule has 0 amide bonds. The van der Waals surface area contributed by atoms with Gasteiger partial charge in [0.1, 0.15) is 6.67 Å². The Labute approximate surface area is 81.7 Å². The van der Waals surface area contributed by atoms with E-state index in [0.717, 1.165) is 6.07 Å². The van der Waals surface area contributed by atoms with E-state index in [0.29, 0.717) is 0 Å². The highest BCUT2D eigenvalue weighted by Gasteiger charge is 2.32. The Kier molecular flexibility index (Phi) is 3.01. The molecule has 0 unspecified atom stereocenters. The first-order valence-corrected chi connectivity index (χ1v) is 3.88. The molecule has 0 saturated carbocycles. The lowest BCUT2D eigenvalue weighted by Crippen LogP contribution is -2.23. The smallest absolute Gasteiger partial charge is 0.400 e. The van der Waals surface area contributed by atoms with Crippen LogP contribution in [0.4, 0.5) is 17.6 Å². The number of H-pyrrole nitrogens is 1. The Balaban J connectivity index is 3.14. The van der Waals surface area contributed by atoms with E-state index in [1.54, 1.807) is 0 Å². The third kappa shape index (κ3) is 2.97. The molecule has 1 aromatic rings. The van der Waals surface area contributed by atoms with Gasteiger partial charge >= 0.3 is 6.36 Å². The van der Waals surface area contributed by atoms with E-state index in [9.17, 15) is 22.4 Å². The van der Waals surface area contributed by atoms with Crippen molar-refractivity contribution in [2.75, 3.05) is 0 Å². The van der Waals surface area contributed by atoms with E-state index < -0.39 is 24.3 Å². The minimum absolute atomic E-state index is 0.0474. The zero-order valence-electron chi connectivity index (χ0n) is 7.61. The molecule has 1 heterocycles. The Morgan fingerprint density at radius 3 is 2.53 bits per heavy atom. The Bertz CT molecular complexity index is 410. The summed E-state index contributed by atoms with van der Waals surface area (Å²) in [5, 5.41) is 0. The molecule has 1 aromatic heterocycles. The molecule has 0 aromatic carbocycles. The fourth-order valence-electron chi connectivity index (χ4n) is 0.984. The van der Waals surface area contributed by atoms with E-state index in [1.807, 2.05) is 0 Å². The molecule has 84 valence electrons. The molecule has 0 spiro atoms. The van der Waals surface area contributed by atoms with Crippen molar-refractivity contribution in [3.8, 4) is 5.75 Å². The minimum Gasteiger partial charge on any atom is -0.400 e. The number of rotatable bonds is 2. The molecule has 0 aliphatic carbocycles. The number of pyridine rings is 1. The highest BCUT2D eigenvalue weighted by Crippen LogP contribution is 2.21. The van der Waals surface area contributed by atoms with Crippen LogP contribution in [0.3, 0.4) is 0 Å². The molecular formula is C8H7F4NO2. The summed E-state index contributed by atoms with van der Waals surface area (Å²) in [7, 11) is 0. The van der Waals surface area contributed by atoms with Gasteiger partial charge < -0.3 is 9.72 Å². The standard InChI is InChI=1S/C8H7F4NO2/c1-4-5(3-9)2-6(7(14)13-4)15-8(10,11)12/h2H,3H2,1H3,(H,13,14). The predicted octanol–water partition coefficient (Wildman–Crippen LogP) is 2.05. The van der Waals surface area contributed by atoms with Crippen LogP contribution in [0.25, 0.3) is 0 Å². The van der Waals surface area contributed by atoms with Gasteiger partial charge in [0.2, 0.25) is 0 Å². The van der Waals surface area contributed by atoms with Crippen LogP contribution in [-0.2, 0) is 6.67 Å². The first-order chi connectivity index (χ1) is 6.83. The average molecular weight is 225 g/mol. The normalized spacial score (nSPS) is 11.5. The average Bonchev–Trinajstić information content (AvgIpc) is 2.07. The highest BCUT2D eigenvalue weighted by molar-refractivity contribution is 5.28. The largest absolute Gasteiger partial charge is 0.573 e. The Morgan fingerprint density at radius 2 is 2.07 bits per heavy atom. The molecule has 1 N–H and O–H groups in total. The SMILES string of the molecule is Cc1[nH]c(=O)c(OC(F)(F)F)cc1CF. The monoisotopic (exact) mass is 225 g/mol. The van der Waals surface area contributed by atoms with Crippen molar-refractivity contribution in [1.29, 1.82) is 0 Å². The van der Waals surface area contributed by atoms with Crippen molar-refractivity contribution < 1.29 is 22.3 Å². The van der Waals surface area contributed by atoms with Gasteiger partial charge in [-0.05, 0) is 13.0 Å². The van der Waals surface area contributed by atoms with Gasteiger partial charge in [-0.1, -0.05) is 0 Å². The van der Waals surface area contributed by atoms with Crippen LogP contribution in [-0.4, -0.2) is 11.3 Å². The van der Waals surface area contributed by atoms with E-state index in [4.69, 9.17) is 0 Å². The van der Waals surface area contributed by atoms with Crippen molar-refractivity contribution >= 4 is 0 Å². The lowest BCUT2D eigenvalue weighted by molar-refractivity contribution is -0.275. The van der Waals surface area contributed by atoms with Gasteiger partial charge in [-0.15, -0.1) is 13.2 Å². The fourth-order valence-corrected chi connectivity index (χ4v) is 0.984. The van der Waals surface area contributed by atoms with Gasteiger partial charge in [-0.25, -0.2) is 4.39 Å². The van der Waals surface area contributed by atoms with Crippen molar-refractivity contribution in [2.24, 2.45) is 0 Å². The van der Waals surface area contributed by atoms with Gasteiger partial charge in [0.25, 0.3) is 5.56 Å². The van der Waals surface area contributed by atoms with Gasteiger partial charge in [0, 0.05) is 11.3 Å². The Morgan fingerprint density at radius 1 is 1.47 bits per heavy atom. The van der Waals surface area contributed by atoms with E-state index in [2.05, 4.69) is 9.72 Å². The van der Waals surface area contributed by atoms with E-state index in [1.165, 1.54) is 6.92 Å². The third-order valence-corrected chi connectivity index (χ3v) is 1.68. The topological polar surface area (TPSA) is 42.1 Å². The molecular weight excluding hydrogens is 218 g/mol. The number of nitrogens with one attached hydrogen (secondary N) is 1. The molecule has 0 atom stereocenters. The predicted molar refractivity (Wildman–Crippen MR) is 43.3 cm³/mol. The van der Waals surface area contributed by atoms with E-state index in [-0.39, 0.29) is 11.3 Å². The maximum atomic E-state index is 12.3. The second-order valence-corrected chi connectivity index (χ2v) is 2.79. The summed E-state index contributed by atoms with van der Waals surface area (Å²) in [5.41, 5.74) is -0.909. The molecule has 0 radical (unpaired) electrons. The Hall–Kier alpha value is -1.53. The number of aryl methyl sites for hydroxylation is 1. The molecule has 0 aliphatic rings. The first kappa shape index (κ1) is 11.5. The molecule has 1 rings (SSSR count). The summed E-state index contributed by atoms with van der Waals surface area (Å²) in [4.78, 5) is 13.0. The number of aromatic amines is 1. The fraction of sp³-hybridized carbons (Fsp3) is 0.375. The van der Waals surface area contributed by atoms with E-state index >= 15 is 0 Å². The van der Waals surface area contributed by atoms with Crippen molar-refractivity contribution in [1.82, 2.24) is 4.98 Å². The molecule has 0 aliphatic heterocycles. The molecule has 0 bridgehead atoms. The molecule has 7 heteroatoms. The molecule has 0 saturated heterocycles.